The number of hydrogen-bond donors (Lipinski definition) is 2. The minimum Gasteiger partial charge on any atom is -0.391 e. The van der Waals surface area contributed by atoms with Gasteiger partial charge in [-0.2, -0.15) is 0 Å². The van der Waals surface area contributed by atoms with Crippen LogP contribution in [0.25, 0.3) is 0 Å². The number of rotatable bonds is 1. The monoisotopic (exact) mass is 288 g/mol. The number of carbonyl (C=O) groups excluding carboxylic acids is 1. The highest BCUT2D eigenvalue weighted by Crippen LogP contribution is 2.30. The molecule has 1 aromatic rings. The molecule has 4 nitrogen and oxygen atoms in total. The topological polar surface area (TPSA) is 52.6 Å². The number of piperidine rings is 1. The minimum absolute atomic E-state index is 0.0342. The molecule has 0 radical (unpaired) electrons. The first-order valence-electron chi connectivity index (χ1n) is 7.96. The average Bonchev–Trinajstić information content (AvgIpc) is 2.48. The van der Waals surface area contributed by atoms with Crippen LogP contribution in [-0.2, 0) is 6.42 Å². The van der Waals surface area contributed by atoms with Crippen LogP contribution in [0.3, 0.4) is 0 Å². The molecule has 1 heterocycles. The molecule has 0 bridgehead atoms. The van der Waals surface area contributed by atoms with E-state index in [0.29, 0.717) is 6.54 Å². The van der Waals surface area contributed by atoms with Crippen molar-refractivity contribution >= 4 is 6.03 Å². The number of hydrogen-bond acceptors (Lipinski definition) is 2. The second-order valence-electron chi connectivity index (χ2n) is 6.34. The first kappa shape index (κ1) is 14.4. The predicted octanol–water partition coefficient (Wildman–Crippen LogP) is 2.54. The maximum absolute atomic E-state index is 12.4. The summed E-state index contributed by atoms with van der Waals surface area (Å²) in [5.41, 5.74) is 3.87. The van der Waals surface area contributed by atoms with Gasteiger partial charge in [-0.15, -0.1) is 0 Å². The second-order valence-corrected chi connectivity index (χ2v) is 6.34. The standard InChI is InChI=1S/C17H24N2O2/c1-12-7-8-13-4-2-6-16(15(13)10-12)18-17(21)19-9-3-5-14(20)11-19/h7-8,10,14,16,20H,2-6,9,11H2,1H3,(H,18,21)/t14-,16-/m0/s1. The molecule has 114 valence electrons. The van der Waals surface area contributed by atoms with Crippen molar-refractivity contribution in [3.05, 3.63) is 34.9 Å². The largest absolute Gasteiger partial charge is 0.391 e. The first-order chi connectivity index (χ1) is 10.1. The molecule has 2 aliphatic rings. The number of carbonyl (C=O) groups is 1. The zero-order chi connectivity index (χ0) is 14.8. The van der Waals surface area contributed by atoms with Gasteiger partial charge in [-0.25, -0.2) is 4.79 Å². The molecule has 1 fully saturated rings. The van der Waals surface area contributed by atoms with E-state index < -0.39 is 0 Å². The highest BCUT2D eigenvalue weighted by atomic mass is 16.3. The Hall–Kier alpha value is -1.55. The van der Waals surface area contributed by atoms with Gasteiger partial charge in [0, 0.05) is 13.1 Å². The van der Waals surface area contributed by atoms with Crippen LogP contribution in [0.15, 0.2) is 18.2 Å². The van der Waals surface area contributed by atoms with Gasteiger partial charge in [0.1, 0.15) is 0 Å². The summed E-state index contributed by atoms with van der Waals surface area (Å²) in [5, 5.41) is 12.9. The Balaban J connectivity index is 1.71. The van der Waals surface area contributed by atoms with Crippen LogP contribution >= 0.6 is 0 Å². The lowest BCUT2D eigenvalue weighted by atomic mass is 9.87. The van der Waals surface area contributed by atoms with E-state index in [1.165, 1.54) is 16.7 Å². The van der Waals surface area contributed by atoms with E-state index in [2.05, 4.69) is 30.4 Å². The molecule has 0 unspecified atom stereocenters. The molecule has 2 N–H and O–H groups in total. The zero-order valence-corrected chi connectivity index (χ0v) is 12.6. The molecule has 0 saturated carbocycles. The van der Waals surface area contributed by atoms with Gasteiger partial charge in [-0.3, -0.25) is 0 Å². The third kappa shape index (κ3) is 3.21. The number of amides is 2. The van der Waals surface area contributed by atoms with Gasteiger partial charge in [0.2, 0.25) is 0 Å². The molecular weight excluding hydrogens is 264 g/mol. The third-order valence-electron chi connectivity index (χ3n) is 4.60. The number of likely N-dealkylation sites (tertiary alicyclic amines) is 1. The third-order valence-corrected chi connectivity index (χ3v) is 4.60. The fourth-order valence-corrected chi connectivity index (χ4v) is 3.45. The fourth-order valence-electron chi connectivity index (χ4n) is 3.45. The Morgan fingerprint density at radius 1 is 1.33 bits per heavy atom. The zero-order valence-electron chi connectivity index (χ0n) is 12.6. The van der Waals surface area contributed by atoms with Gasteiger partial charge in [0.05, 0.1) is 12.1 Å². The molecule has 1 saturated heterocycles. The van der Waals surface area contributed by atoms with E-state index in [9.17, 15) is 9.90 Å². The molecule has 1 aliphatic carbocycles. The summed E-state index contributed by atoms with van der Waals surface area (Å²) < 4.78 is 0. The Labute approximate surface area is 126 Å². The van der Waals surface area contributed by atoms with Crippen LogP contribution < -0.4 is 5.32 Å². The summed E-state index contributed by atoms with van der Waals surface area (Å²) in [6.07, 6.45) is 4.53. The minimum atomic E-state index is -0.370. The number of fused-ring (bicyclic) bond motifs is 1. The number of β-amino-alcohol motifs (C(OH)–C–C–N with tert-alkyl or cyclic N) is 1. The number of nitrogens with one attached hydrogen (secondary N) is 1. The summed E-state index contributed by atoms with van der Waals surface area (Å²) in [5.74, 6) is 0. The van der Waals surface area contributed by atoms with Gasteiger partial charge in [-0.05, 0) is 50.2 Å². The molecule has 2 amide bonds. The SMILES string of the molecule is Cc1ccc2c(c1)[C@@H](NC(=O)N1CCC[C@H](O)C1)CCC2. The van der Waals surface area contributed by atoms with Crippen molar-refractivity contribution in [3.8, 4) is 0 Å². The molecule has 2 atom stereocenters. The maximum Gasteiger partial charge on any atom is 0.317 e. The van der Waals surface area contributed by atoms with Gasteiger partial charge in [0.15, 0.2) is 0 Å². The second kappa shape index (κ2) is 6.06. The summed E-state index contributed by atoms with van der Waals surface area (Å²) >= 11 is 0. The smallest absolute Gasteiger partial charge is 0.317 e. The van der Waals surface area contributed by atoms with Gasteiger partial charge >= 0.3 is 6.03 Å². The summed E-state index contributed by atoms with van der Waals surface area (Å²) in [4.78, 5) is 14.2. The lowest BCUT2D eigenvalue weighted by Crippen LogP contribution is -2.48. The highest BCUT2D eigenvalue weighted by Gasteiger charge is 2.26. The Kier molecular flexibility index (Phi) is 4.15. The Morgan fingerprint density at radius 3 is 3.00 bits per heavy atom. The predicted molar refractivity (Wildman–Crippen MR) is 82.2 cm³/mol. The summed E-state index contributed by atoms with van der Waals surface area (Å²) in [7, 11) is 0. The number of aliphatic hydroxyl groups excluding tert-OH is 1. The quantitative estimate of drug-likeness (QED) is 0.834. The van der Waals surface area contributed by atoms with Crippen molar-refractivity contribution in [3.63, 3.8) is 0 Å². The lowest BCUT2D eigenvalue weighted by Gasteiger charge is -2.33. The molecule has 1 aromatic carbocycles. The van der Waals surface area contributed by atoms with E-state index in [0.717, 1.165) is 38.6 Å². The fraction of sp³-hybridized carbons (Fsp3) is 0.588. The molecule has 0 aromatic heterocycles. The molecule has 21 heavy (non-hydrogen) atoms. The molecule has 4 heteroatoms. The van der Waals surface area contributed by atoms with Crippen LogP contribution in [0.4, 0.5) is 4.79 Å². The van der Waals surface area contributed by atoms with Gasteiger partial charge in [0.25, 0.3) is 0 Å². The van der Waals surface area contributed by atoms with E-state index in [1.807, 2.05) is 0 Å². The van der Waals surface area contributed by atoms with E-state index in [4.69, 9.17) is 0 Å². The molecule has 1 aliphatic heterocycles. The van der Waals surface area contributed by atoms with Crippen molar-refractivity contribution in [2.75, 3.05) is 13.1 Å². The highest BCUT2D eigenvalue weighted by molar-refractivity contribution is 5.75. The van der Waals surface area contributed by atoms with Crippen LogP contribution in [0.1, 0.15) is 48.4 Å². The average molecular weight is 288 g/mol. The number of benzene rings is 1. The van der Waals surface area contributed by atoms with Crippen LogP contribution in [0.5, 0.6) is 0 Å². The van der Waals surface area contributed by atoms with E-state index in [1.54, 1.807) is 4.90 Å². The van der Waals surface area contributed by atoms with Crippen molar-refractivity contribution in [2.45, 2.75) is 51.2 Å². The lowest BCUT2D eigenvalue weighted by molar-refractivity contribution is 0.0830. The number of urea groups is 1. The Morgan fingerprint density at radius 2 is 2.19 bits per heavy atom. The van der Waals surface area contributed by atoms with Gasteiger partial charge < -0.3 is 15.3 Å². The first-order valence-corrected chi connectivity index (χ1v) is 7.96. The summed E-state index contributed by atoms with van der Waals surface area (Å²) in [6.45, 7) is 3.30. The van der Waals surface area contributed by atoms with Gasteiger partial charge in [-0.1, -0.05) is 23.8 Å². The summed E-state index contributed by atoms with van der Waals surface area (Å²) in [6, 6.07) is 6.61. The Bertz CT molecular complexity index is 530. The van der Waals surface area contributed by atoms with Crippen molar-refractivity contribution < 1.29 is 9.90 Å². The van der Waals surface area contributed by atoms with Crippen LogP contribution in [0, 0.1) is 6.92 Å². The maximum atomic E-state index is 12.4. The number of aliphatic hydroxyl groups is 1. The van der Waals surface area contributed by atoms with Crippen molar-refractivity contribution in [1.82, 2.24) is 10.2 Å². The van der Waals surface area contributed by atoms with Crippen LogP contribution in [0.2, 0.25) is 0 Å². The molecular formula is C17H24N2O2. The number of aryl methyl sites for hydroxylation is 2. The van der Waals surface area contributed by atoms with Crippen LogP contribution in [-0.4, -0.2) is 35.2 Å². The van der Waals surface area contributed by atoms with E-state index >= 15 is 0 Å². The van der Waals surface area contributed by atoms with Crippen molar-refractivity contribution in [1.29, 1.82) is 0 Å². The number of nitrogens with zero attached hydrogens (tertiary/aromatic N) is 1. The van der Waals surface area contributed by atoms with Crippen molar-refractivity contribution in [2.24, 2.45) is 0 Å². The molecule has 3 rings (SSSR count). The molecule has 0 spiro atoms. The van der Waals surface area contributed by atoms with E-state index in [-0.39, 0.29) is 18.2 Å². The normalized spacial score (nSPS) is 25.3.